The van der Waals surface area contributed by atoms with Gasteiger partial charge < -0.3 is 4.74 Å². The van der Waals surface area contributed by atoms with Gasteiger partial charge in [-0.25, -0.2) is 4.39 Å². The number of rotatable bonds is 2. The molecule has 1 aromatic carbocycles. The Morgan fingerprint density at radius 1 is 1.29 bits per heavy atom. The lowest BCUT2D eigenvalue weighted by molar-refractivity contribution is 0.299. The monoisotopic (exact) mass is 196 g/mol. The molecule has 0 amide bonds. The van der Waals surface area contributed by atoms with Gasteiger partial charge in [-0.3, -0.25) is 0 Å². The number of hydrogen-bond acceptors (Lipinski definition) is 1. The fourth-order valence-electron chi connectivity index (χ4n) is 1.08. The molecular formula is C12H17FO. The molecule has 0 heterocycles. The van der Waals surface area contributed by atoms with Gasteiger partial charge in [0.05, 0.1) is 6.10 Å². The van der Waals surface area contributed by atoms with Crippen LogP contribution in [0.2, 0.25) is 0 Å². The average Bonchev–Trinajstić information content (AvgIpc) is 3.00. The third-order valence-corrected chi connectivity index (χ3v) is 2.04. The molecule has 1 aromatic rings. The molecule has 78 valence electrons. The highest BCUT2D eigenvalue weighted by atomic mass is 19.1. The molecule has 1 saturated carbocycles. The zero-order valence-electron chi connectivity index (χ0n) is 9.01. The Labute approximate surface area is 84.9 Å². The van der Waals surface area contributed by atoms with E-state index in [2.05, 4.69) is 0 Å². The van der Waals surface area contributed by atoms with Gasteiger partial charge in [-0.2, -0.15) is 0 Å². The summed E-state index contributed by atoms with van der Waals surface area (Å²) in [6, 6.07) is 4.95. The summed E-state index contributed by atoms with van der Waals surface area (Å²) in [6.45, 7) is 5.74. The number of halogens is 1. The van der Waals surface area contributed by atoms with Crippen molar-refractivity contribution in [1.29, 1.82) is 0 Å². The molecule has 0 saturated heterocycles. The highest BCUT2D eigenvalue weighted by Crippen LogP contribution is 2.29. The van der Waals surface area contributed by atoms with E-state index in [4.69, 9.17) is 4.74 Å². The summed E-state index contributed by atoms with van der Waals surface area (Å²) < 4.78 is 18.5. The van der Waals surface area contributed by atoms with Gasteiger partial charge in [0.2, 0.25) is 0 Å². The van der Waals surface area contributed by atoms with Crippen LogP contribution >= 0.6 is 0 Å². The van der Waals surface area contributed by atoms with Crippen molar-refractivity contribution < 1.29 is 9.13 Å². The molecule has 0 atom stereocenters. The summed E-state index contributed by atoms with van der Waals surface area (Å²) in [5.74, 6) is 0.505. The van der Waals surface area contributed by atoms with E-state index in [1.54, 1.807) is 13.0 Å². The third-order valence-electron chi connectivity index (χ3n) is 2.04. The largest absolute Gasteiger partial charge is 0.490 e. The summed E-state index contributed by atoms with van der Waals surface area (Å²) in [6.07, 6.45) is 2.55. The lowest BCUT2D eigenvalue weighted by atomic mass is 10.2. The van der Waals surface area contributed by atoms with E-state index >= 15 is 0 Å². The Balaban J connectivity index is 0.000000461. The lowest BCUT2D eigenvalue weighted by Gasteiger charge is -2.07. The zero-order valence-corrected chi connectivity index (χ0v) is 9.01. The Kier molecular flexibility index (Phi) is 3.93. The van der Waals surface area contributed by atoms with Crippen LogP contribution < -0.4 is 4.74 Å². The molecule has 0 radical (unpaired) electrons. The van der Waals surface area contributed by atoms with Crippen LogP contribution in [-0.2, 0) is 0 Å². The Bertz CT molecular complexity index is 292. The van der Waals surface area contributed by atoms with Crippen molar-refractivity contribution in [2.75, 3.05) is 0 Å². The number of ether oxygens (including phenoxy) is 1. The Morgan fingerprint density at radius 3 is 2.50 bits per heavy atom. The molecule has 0 aliphatic heterocycles. The Hall–Kier alpha value is -1.05. The smallest absolute Gasteiger partial charge is 0.129 e. The van der Waals surface area contributed by atoms with Gasteiger partial charge in [-0.1, -0.05) is 19.9 Å². The fraction of sp³-hybridized carbons (Fsp3) is 0.500. The molecule has 0 aromatic heterocycles. The Morgan fingerprint density at radius 2 is 1.93 bits per heavy atom. The minimum Gasteiger partial charge on any atom is -0.490 e. The zero-order chi connectivity index (χ0) is 10.6. The highest BCUT2D eigenvalue weighted by molar-refractivity contribution is 5.33. The predicted octanol–water partition coefficient (Wildman–Crippen LogP) is 3.70. The first kappa shape index (κ1) is 11.0. The van der Waals surface area contributed by atoms with E-state index in [-0.39, 0.29) is 5.82 Å². The van der Waals surface area contributed by atoms with E-state index in [9.17, 15) is 4.39 Å². The first-order chi connectivity index (χ1) is 6.77. The minimum atomic E-state index is -0.187. The van der Waals surface area contributed by atoms with Crippen molar-refractivity contribution in [2.45, 2.75) is 39.7 Å². The topological polar surface area (TPSA) is 9.23 Å². The molecule has 1 fully saturated rings. The maximum absolute atomic E-state index is 13.0. The van der Waals surface area contributed by atoms with E-state index < -0.39 is 0 Å². The molecule has 14 heavy (non-hydrogen) atoms. The van der Waals surface area contributed by atoms with Crippen molar-refractivity contribution in [3.8, 4) is 5.75 Å². The molecule has 0 spiro atoms. The first-order valence-electron chi connectivity index (χ1n) is 5.19. The number of benzene rings is 1. The second-order valence-corrected chi connectivity index (χ2v) is 3.18. The lowest BCUT2D eigenvalue weighted by Crippen LogP contribution is -1.98. The summed E-state index contributed by atoms with van der Waals surface area (Å²) in [5.41, 5.74) is 0.615. The van der Waals surface area contributed by atoms with Gasteiger partial charge in [-0.05, 0) is 31.9 Å². The van der Waals surface area contributed by atoms with E-state index in [0.717, 1.165) is 12.8 Å². The standard InChI is InChI=1S/C10H11FO.C2H6/c1-7-9(11)3-2-4-10(7)12-8-5-6-8;1-2/h2-4,8H,5-6H2,1H3;1-2H3. The normalized spacial score (nSPS) is 14.3. The highest BCUT2D eigenvalue weighted by Gasteiger charge is 2.24. The molecular weight excluding hydrogens is 179 g/mol. The molecule has 2 rings (SSSR count). The van der Waals surface area contributed by atoms with Crippen LogP contribution in [0.5, 0.6) is 5.75 Å². The van der Waals surface area contributed by atoms with Gasteiger partial charge in [0.15, 0.2) is 0 Å². The summed E-state index contributed by atoms with van der Waals surface area (Å²) in [7, 11) is 0. The number of hydrogen-bond donors (Lipinski definition) is 0. The summed E-state index contributed by atoms with van der Waals surface area (Å²) in [5, 5.41) is 0. The van der Waals surface area contributed by atoms with Crippen molar-refractivity contribution in [3.05, 3.63) is 29.6 Å². The fourth-order valence-corrected chi connectivity index (χ4v) is 1.08. The van der Waals surface area contributed by atoms with Gasteiger partial charge in [0.25, 0.3) is 0 Å². The van der Waals surface area contributed by atoms with Crippen molar-refractivity contribution in [3.63, 3.8) is 0 Å². The summed E-state index contributed by atoms with van der Waals surface area (Å²) >= 11 is 0. The van der Waals surface area contributed by atoms with Gasteiger partial charge in [0.1, 0.15) is 11.6 Å². The van der Waals surface area contributed by atoms with Crippen LogP contribution in [0.1, 0.15) is 32.3 Å². The van der Waals surface area contributed by atoms with Crippen LogP contribution in [-0.4, -0.2) is 6.10 Å². The molecule has 0 bridgehead atoms. The minimum absolute atomic E-state index is 0.187. The molecule has 1 aliphatic carbocycles. The van der Waals surface area contributed by atoms with Crippen LogP contribution in [0, 0.1) is 12.7 Å². The molecule has 2 heteroatoms. The second kappa shape index (κ2) is 4.99. The van der Waals surface area contributed by atoms with Crippen molar-refractivity contribution in [1.82, 2.24) is 0 Å². The maximum atomic E-state index is 13.0. The van der Waals surface area contributed by atoms with Gasteiger partial charge >= 0.3 is 0 Å². The molecule has 0 N–H and O–H groups in total. The molecule has 1 nitrogen and oxygen atoms in total. The van der Waals surface area contributed by atoms with Crippen LogP contribution in [0.25, 0.3) is 0 Å². The molecule has 1 aliphatic rings. The van der Waals surface area contributed by atoms with E-state index in [1.807, 2.05) is 19.9 Å². The SMILES string of the molecule is CC.Cc1c(F)cccc1OC1CC1. The van der Waals surface area contributed by atoms with Crippen LogP contribution in [0.4, 0.5) is 4.39 Å². The van der Waals surface area contributed by atoms with Crippen molar-refractivity contribution >= 4 is 0 Å². The van der Waals surface area contributed by atoms with Gasteiger partial charge in [-0.15, -0.1) is 0 Å². The third kappa shape index (κ3) is 2.72. The quantitative estimate of drug-likeness (QED) is 0.700. The summed E-state index contributed by atoms with van der Waals surface area (Å²) in [4.78, 5) is 0. The van der Waals surface area contributed by atoms with Crippen LogP contribution in [0.15, 0.2) is 18.2 Å². The predicted molar refractivity (Wildman–Crippen MR) is 56.1 cm³/mol. The second-order valence-electron chi connectivity index (χ2n) is 3.18. The average molecular weight is 196 g/mol. The molecule has 0 unspecified atom stereocenters. The van der Waals surface area contributed by atoms with Crippen molar-refractivity contribution in [2.24, 2.45) is 0 Å². The first-order valence-corrected chi connectivity index (χ1v) is 5.19. The van der Waals surface area contributed by atoms with Gasteiger partial charge in [0, 0.05) is 5.56 Å². The van der Waals surface area contributed by atoms with E-state index in [0.29, 0.717) is 17.4 Å². The van der Waals surface area contributed by atoms with E-state index in [1.165, 1.54) is 6.07 Å². The van der Waals surface area contributed by atoms with Crippen LogP contribution in [0.3, 0.4) is 0 Å². The maximum Gasteiger partial charge on any atom is 0.129 e.